The summed E-state index contributed by atoms with van der Waals surface area (Å²) in [7, 11) is -3.03. The van der Waals surface area contributed by atoms with Gasteiger partial charge in [0.15, 0.2) is 14.2 Å². The number of nitrogens with zero attached hydrogens (tertiary/aromatic N) is 3. The second-order valence-electron chi connectivity index (χ2n) is 6.25. The van der Waals surface area contributed by atoms with E-state index < -0.39 is 9.84 Å². The molecule has 3 rings (SSSR count). The molecule has 148 valence electrons. The van der Waals surface area contributed by atoms with E-state index in [1.165, 1.54) is 23.1 Å². The van der Waals surface area contributed by atoms with Crippen molar-refractivity contribution in [2.45, 2.75) is 42.4 Å². The van der Waals surface area contributed by atoms with Crippen molar-refractivity contribution >= 4 is 44.0 Å². The molecule has 0 unspecified atom stereocenters. The van der Waals surface area contributed by atoms with Crippen molar-refractivity contribution in [2.75, 3.05) is 23.4 Å². The standard InChI is InChI=1S/C16H22N4O4S3/c1-3-20(12-6-8-27(22,23)10-12)14(21)11(2)25-16-19-18-15(26-16)17-9-13-5-4-7-24-13/h4-5,7,11-12H,3,6,8-10H2,1-2H3,(H,17,18)/t11-,12+/m1/s1. The Morgan fingerprint density at radius 2 is 2.33 bits per heavy atom. The van der Waals surface area contributed by atoms with Gasteiger partial charge in [-0.3, -0.25) is 4.79 Å². The molecule has 1 N–H and O–H groups in total. The highest BCUT2D eigenvalue weighted by Crippen LogP contribution is 2.31. The molecule has 1 saturated heterocycles. The smallest absolute Gasteiger partial charge is 0.236 e. The van der Waals surface area contributed by atoms with Gasteiger partial charge in [0.25, 0.3) is 0 Å². The largest absolute Gasteiger partial charge is 0.467 e. The number of carbonyl (C=O) groups excluding carboxylic acids is 1. The summed E-state index contributed by atoms with van der Waals surface area (Å²) in [6.07, 6.45) is 2.12. The van der Waals surface area contributed by atoms with E-state index in [0.717, 1.165) is 5.76 Å². The maximum Gasteiger partial charge on any atom is 0.236 e. The molecule has 1 aliphatic heterocycles. The minimum atomic E-state index is -3.03. The van der Waals surface area contributed by atoms with Crippen molar-refractivity contribution in [3.63, 3.8) is 0 Å². The molecule has 11 heteroatoms. The van der Waals surface area contributed by atoms with Gasteiger partial charge in [-0.15, -0.1) is 10.2 Å². The average molecular weight is 431 g/mol. The van der Waals surface area contributed by atoms with E-state index >= 15 is 0 Å². The molecule has 0 spiro atoms. The molecule has 2 aromatic rings. The van der Waals surface area contributed by atoms with Gasteiger partial charge in [0.2, 0.25) is 11.0 Å². The lowest BCUT2D eigenvalue weighted by Gasteiger charge is -2.29. The quantitative estimate of drug-likeness (QED) is 0.636. The predicted octanol–water partition coefficient (Wildman–Crippen LogP) is 2.26. The van der Waals surface area contributed by atoms with E-state index in [9.17, 15) is 13.2 Å². The predicted molar refractivity (Wildman–Crippen MR) is 106 cm³/mol. The Morgan fingerprint density at radius 3 is 2.96 bits per heavy atom. The molecule has 1 amide bonds. The molecule has 0 aromatic carbocycles. The number of nitrogens with one attached hydrogen (secondary N) is 1. The molecule has 0 aliphatic carbocycles. The SMILES string of the molecule is CCN(C(=O)[C@@H](C)Sc1nnc(NCc2ccco2)s1)[C@H]1CCS(=O)(=O)C1. The number of hydrogen-bond acceptors (Lipinski definition) is 9. The van der Waals surface area contributed by atoms with Crippen LogP contribution >= 0.6 is 23.1 Å². The van der Waals surface area contributed by atoms with Crippen molar-refractivity contribution in [3.05, 3.63) is 24.2 Å². The Balaban J connectivity index is 1.56. The van der Waals surface area contributed by atoms with Crippen molar-refractivity contribution < 1.29 is 17.6 Å². The van der Waals surface area contributed by atoms with Crippen molar-refractivity contribution in [1.82, 2.24) is 15.1 Å². The summed E-state index contributed by atoms with van der Waals surface area (Å²) in [4.78, 5) is 14.5. The highest BCUT2D eigenvalue weighted by Gasteiger charge is 2.35. The first kappa shape index (κ1) is 20.2. The molecule has 1 aliphatic rings. The summed E-state index contributed by atoms with van der Waals surface area (Å²) in [5.74, 6) is 0.950. The van der Waals surface area contributed by atoms with Gasteiger partial charge in [0.1, 0.15) is 5.76 Å². The third-order valence-electron chi connectivity index (χ3n) is 4.30. The Labute approximate surface area is 166 Å². The Morgan fingerprint density at radius 1 is 1.52 bits per heavy atom. The van der Waals surface area contributed by atoms with Gasteiger partial charge in [0.05, 0.1) is 29.6 Å². The first-order valence-corrected chi connectivity index (χ1v) is 12.2. The maximum absolute atomic E-state index is 12.8. The minimum Gasteiger partial charge on any atom is -0.467 e. The third-order valence-corrected chi connectivity index (χ3v) is 8.10. The molecular weight excluding hydrogens is 408 g/mol. The van der Waals surface area contributed by atoms with Crippen LogP contribution in [0.5, 0.6) is 0 Å². The number of carbonyl (C=O) groups is 1. The summed E-state index contributed by atoms with van der Waals surface area (Å²) in [6.45, 7) is 4.70. The van der Waals surface area contributed by atoms with Gasteiger partial charge in [-0.1, -0.05) is 23.1 Å². The number of amides is 1. The summed E-state index contributed by atoms with van der Waals surface area (Å²) in [5, 5.41) is 11.6. The normalized spacial score (nSPS) is 19.7. The molecule has 0 radical (unpaired) electrons. The van der Waals surface area contributed by atoms with Crippen LogP contribution in [0.2, 0.25) is 0 Å². The monoisotopic (exact) mass is 430 g/mol. The van der Waals surface area contributed by atoms with Crippen LogP contribution < -0.4 is 5.32 Å². The van der Waals surface area contributed by atoms with Crippen LogP contribution in [0.3, 0.4) is 0 Å². The van der Waals surface area contributed by atoms with Crippen LogP contribution in [-0.4, -0.2) is 58.8 Å². The van der Waals surface area contributed by atoms with Gasteiger partial charge in [-0.2, -0.15) is 0 Å². The van der Waals surface area contributed by atoms with E-state index in [1.807, 2.05) is 26.0 Å². The number of aromatic nitrogens is 2. The molecular formula is C16H22N4O4S3. The molecule has 3 heterocycles. The average Bonchev–Trinajstić information content (AvgIpc) is 3.35. The summed E-state index contributed by atoms with van der Waals surface area (Å²) in [5.41, 5.74) is 0. The lowest BCUT2D eigenvalue weighted by molar-refractivity contribution is -0.131. The number of furan rings is 1. The van der Waals surface area contributed by atoms with Crippen LogP contribution in [0, 0.1) is 0 Å². The summed E-state index contributed by atoms with van der Waals surface area (Å²) in [6, 6.07) is 3.46. The number of sulfone groups is 1. The lowest BCUT2D eigenvalue weighted by Crippen LogP contribution is -2.44. The third kappa shape index (κ3) is 5.23. The van der Waals surface area contributed by atoms with Crippen LogP contribution in [-0.2, 0) is 21.2 Å². The fraction of sp³-hybridized carbons (Fsp3) is 0.562. The maximum atomic E-state index is 12.8. The van der Waals surface area contributed by atoms with E-state index in [-0.39, 0.29) is 28.7 Å². The van der Waals surface area contributed by atoms with Crippen LogP contribution in [0.15, 0.2) is 27.2 Å². The molecule has 2 aromatic heterocycles. The van der Waals surface area contributed by atoms with Gasteiger partial charge in [0, 0.05) is 12.6 Å². The number of thioether (sulfide) groups is 1. The molecule has 0 saturated carbocycles. The molecule has 27 heavy (non-hydrogen) atoms. The van der Waals surface area contributed by atoms with E-state index in [1.54, 1.807) is 11.2 Å². The van der Waals surface area contributed by atoms with Crippen LogP contribution in [0.4, 0.5) is 5.13 Å². The number of anilines is 1. The zero-order chi connectivity index (χ0) is 19.4. The molecule has 2 atom stereocenters. The second-order valence-corrected chi connectivity index (χ2v) is 11.0. The van der Waals surface area contributed by atoms with Crippen molar-refractivity contribution in [3.8, 4) is 0 Å². The second kappa shape index (κ2) is 8.61. The summed E-state index contributed by atoms with van der Waals surface area (Å²) >= 11 is 2.71. The van der Waals surface area contributed by atoms with Gasteiger partial charge in [-0.25, -0.2) is 8.42 Å². The molecule has 1 fully saturated rings. The Hall–Kier alpha value is -1.59. The molecule has 8 nitrogen and oxygen atoms in total. The van der Waals surface area contributed by atoms with Gasteiger partial charge in [-0.05, 0) is 32.4 Å². The zero-order valence-corrected chi connectivity index (χ0v) is 17.6. The number of rotatable bonds is 8. The fourth-order valence-corrected chi connectivity index (χ4v) is 6.65. The van der Waals surface area contributed by atoms with E-state index in [2.05, 4.69) is 15.5 Å². The zero-order valence-electron chi connectivity index (χ0n) is 15.1. The number of hydrogen-bond donors (Lipinski definition) is 1. The van der Waals surface area contributed by atoms with Gasteiger partial charge >= 0.3 is 0 Å². The van der Waals surface area contributed by atoms with Gasteiger partial charge < -0.3 is 14.6 Å². The first-order chi connectivity index (χ1) is 12.9. The lowest BCUT2D eigenvalue weighted by atomic mass is 10.2. The minimum absolute atomic E-state index is 0.0591. The fourth-order valence-electron chi connectivity index (χ4n) is 2.96. The van der Waals surface area contributed by atoms with Crippen molar-refractivity contribution in [2.24, 2.45) is 0 Å². The highest BCUT2D eigenvalue weighted by molar-refractivity contribution is 8.02. The Bertz CT molecular complexity index is 866. The van der Waals surface area contributed by atoms with E-state index in [4.69, 9.17) is 4.42 Å². The topological polar surface area (TPSA) is 105 Å². The van der Waals surface area contributed by atoms with E-state index in [0.29, 0.717) is 29.0 Å². The highest BCUT2D eigenvalue weighted by atomic mass is 32.2. The molecule has 0 bridgehead atoms. The summed E-state index contributed by atoms with van der Waals surface area (Å²) < 4.78 is 29.4. The first-order valence-electron chi connectivity index (χ1n) is 8.65. The van der Waals surface area contributed by atoms with Crippen LogP contribution in [0.1, 0.15) is 26.0 Å². The Kier molecular flexibility index (Phi) is 6.43. The van der Waals surface area contributed by atoms with Crippen LogP contribution in [0.25, 0.3) is 0 Å². The van der Waals surface area contributed by atoms with Crippen molar-refractivity contribution in [1.29, 1.82) is 0 Å².